The molecule has 0 radical (unpaired) electrons. The van der Waals surface area contributed by atoms with E-state index in [0.29, 0.717) is 6.04 Å². The van der Waals surface area contributed by atoms with E-state index in [1.54, 1.807) is 0 Å². The van der Waals surface area contributed by atoms with Crippen LogP contribution in [0.5, 0.6) is 0 Å². The van der Waals surface area contributed by atoms with Gasteiger partial charge in [0.15, 0.2) is 0 Å². The summed E-state index contributed by atoms with van der Waals surface area (Å²) in [7, 11) is 0. The van der Waals surface area contributed by atoms with Gasteiger partial charge in [0.05, 0.1) is 0 Å². The van der Waals surface area contributed by atoms with Crippen LogP contribution in [0.15, 0.2) is 47.4 Å². The van der Waals surface area contributed by atoms with Crippen molar-refractivity contribution >= 4 is 11.8 Å². The zero-order chi connectivity index (χ0) is 15.2. The molecule has 1 nitrogen and oxygen atoms in total. The Hall–Kier alpha value is -1.25. The first-order valence-corrected chi connectivity index (χ1v) is 8.59. The molecule has 0 spiro atoms. The van der Waals surface area contributed by atoms with Crippen molar-refractivity contribution in [1.82, 2.24) is 5.32 Å². The lowest BCUT2D eigenvalue weighted by atomic mass is 10.0. The van der Waals surface area contributed by atoms with Gasteiger partial charge in [0.1, 0.15) is 0 Å². The van der Waals surface area contributed by atoms with Crippen molar-refractivity contribution in [2.24, 2.45) is 0 Å². The third-order valence-electron chi connectivity index (χ3n) is 3.91. The minimum atomic E-state index is 0.405. The van der Waals surface area contributed by atoms with Gasteiger partial charge in [0.25, 0.3) is 0 Å². The van der Waals surface area contributed by atoms with Crippen LogP contribution < -0.4 is 5.32 Å². The molecule has 2 rings (SSSR count). The maximum Gasteiger partial charge on any atom is 0.0417 e. The fourth-order valence-electron chi connectivity index (χ4n) is 2.47. The summed E-state index contributed by atoms with van der Waals surface area (Å²) in [6.45, 7) is 9.71. The largest absolute Gasteiger partial charge is 0.309 e. The van der Waals surface area contributed by atoms with E-state index in [2.05, 4.69) is 75.5 Å². The van der Waals surface area contributed by atoms with E-state index in [1.807, 2.05) is 11.8 Å². The van der Waals surface area contributed by atoms with Crippen molar-refractivity contribution in [2.45, 2.75) is 38.6 Å². The van der Waals surface area contributed by atoms with Crippen LogP contribution in [0.25, 0.3) is 0 Å². The summed E-state index contributed by atoms with van der Waals surface area (Å²) in [6, 6.07) is 15.8. The van der Waals surface area contributed by atoms with E-state index in [4.69, 9.17) is 0 Å². The second-order valence-electron chi connectivity index (χ2n) is 5.52. The molecule has 0 aliphatic rings. The molecule has 1 N–H and O–H groups in total. The van der Waals surface area contributed by atoms with Gasteiger partial charge >= 0.3 is 0 Å². The minimum Gasteiger partial charge on any atom is -0.309 e. The zero-order valence-electron chi connectivity index (χ0n) is 13.4. The molecule has 0 bridgehead atoms. The highest BCUT2D eigenvalue weighted by atomic mass is 32.2. The van der Waals surface area contributed by atoms with E-state index in [9.17, 15) is 0 Å². The van der Waals surface area contributed by atoms with Gasteiger partial charge < -0.3 is 5.32 Å². The highest BCUT2D eigenvalue weighted by Gasteiger charge is 2.12. The monoisotopic (exact) mass is 299 g/mol. The predicted molar refractivity (Wildman–Crippen MR) is 94.2 cm³/mol. The van der Waals surface area contributed by atoms with Gasteiger partial charge in [-0.2, -0.15) is 0 Å². The Labute approximate surface area is 133 Å². The lowest BCUT2D eigenvalue weighted by molar-refractivity contribution is 0.603. The van der Waals surface area contributed by atoms with E-state index in [-0.39, 0.29) is 0 Å². The molecule has 0 aliphatic carbocycles. The molecule has 0 amide bonds. The number of rotatable bonds is 6. The predicted octanol–water partition coefficient (Wildman–Crippen LogP) is 5.05. The lowest BCUT2D eigenvalue weighted by Crippen LogP contribution is -2.23. The molecule has 112 valence electrons. The van der Waals surface area contributed by atoms with Gasteiger partial charge in [-0.05, 0) is 61.7 Å². The van der Waals surface area contributed by atoms with Crippen LogP contribution in [-0.2, 0) is 0 Å². The molecule has 0 aromatic heterocycles. The smallest absolute Gasteiger partial charge is 0.0417 e. The van der Waals surface area contributed by atoms with Gasteiger partial charge in [-0.1, -0.05) is 37.3 Å². The maximum absolute atomic E-state index is 3.62. The van der Waals surface area contributed by atoms with Crippen molar-refractivity contribution < 1.29 is 0 Å². The van der Waals surface area contributed by atoms with Crippen molar-refractivity contribution in [1.29, 1.82) is 0 Å². The molecule has 21 heavy (non-hydrogen) atoms. The van der Waals surface area contributed by atoms with Gasteiger partial charge in [0, 0.05) is 16.7 Å². The maximum atomic E-state index is 3.62. The minimum absolute atomic E-state index is 0.405. The molecule has 0 saturated carbocycles. The summed E-state index contributed by atoms with van der Waals surface area (Å²) in [5.74, 6) is 1.06. The molecule has 2 aromatic carbocycles. The number of benzene rings is 2. The summed E-state index contributed by atoms with van der Waals surface area (Å²) in [5.41, 5.74) is 5.51. The number of aryl methyl sites for hydroxylation is 3. The van der Waals surface area contributed by atoms with Gasteiger partial charge in [-0.25, -0.2) is 0 Å². The Morgan fingerprint density at radius 1 is 0.952 bits per heavy atom. The molecule has 1 atom stereocenters. The van der Waals surface area contributed by atoms with Crippen LogP contribution in [0.2, 0.25) is 0 Å². The topological polar surface area (TPSA) is 12.0 Å². The first-order valence-electron chi connectivity index (χ1n) is 7.60. The van der Waals surface area contributed by atoms with Gasteiger partial charge in [-0.15, -0.1) is 11.8 Å². The highest BCUT2D eigenvalue weighted by Crippen LogP contribution is 2.27. The Morgan fingerprint density at radius 2 is 1.71 bits per heavy atom. The number of nitrogens with one attached hydrogen (secondary N) is 1. The van der Waals surface area contributed by atoms with Crippen LogP contribution in [0, 0.1) is 20.8 Å². The average Bonchev–Trinajstić information content (AvgIpc) is 2.48. The number of hydrogen-bond acceptors (Lipinski definition) is 2. The molecule has 0 heterocycles. The van der Waals surface area contributed by atoms with Gasteiger partial charge in [-0.3, -0.25) is 0 Å². The first kappa shape index (κ1) is 16.1. The summed E-state index contributed by atoms with van der Waals surface area (Å²) in [4.78, 5) is 1.36. The van der Waals surface area contributed by atoms with E-state index in [1.165, 1.54) is 27.1 Å². The van der Waals surface area contributed by atoms with Crippen molar-refractivity contribution in [2.75, 3.05) is 12.3 Å². The first-order chi connectivity index (χ1) is 10.1. The summed E-state index contributed by atoms with van der Waals surface area (Å²) in [6.07, 6.45) is 0. The normalized spacial score (nSPS) is 12.4. The fraction of sp³-hybridized carbons (Fsp3) is 0.368. The molecule has 1 unspecified atom stereocenters. The molecule has 0 fully saturated rings. The fourth-order valence-corrected chi connectivity index (χ4v) is 3.55. The van der Waals surface area contributed by atoms with Crippen LogP contribution >= 0.6 is 11.8 Å². The zero-order valence-corrected chi connectivity index (χ0v) is 14.3. The van der Waals surface area contributed by atoms with Crippen LogP contribution in [0.4, 0.5) is 0 Å². The van der Waals surface area contributed by atoms with Crippen molar-refractivity contribution in [3.8, 4) is 0 Å². The molecular weight excluding hydrogens is 274 g/mol. The van der Waals surface area contributed by atoms with E-state index < -0.39 is 0 Å². The Kier molecular flexibility index (Phi) is 5.89. The quantitative estimate of drug-likeness (QED) is 0.749. The van der Waals surface area contributed by atoms with Gasteiger partial charge in [0.2, 0.25) is 0 Å². The SMILES string of the molecule is CCNC(CSc1ccc(C)c(C)c1)c1ccccc1C. The summed E-state index contributed by atoms with van der Waals surface area (Å²) < 4.78 is 0. The lowest BCUT2D eigenvalue weighted by Gasteiger charge is -2.20. The van der Waals surface area contributed by atoms with Crippen molar-refractivity contribution in [3.63, 3.8) is 0 Å². The standard InChI is InChI=1S/C19H25NS/c1-5-20-19(18-9-7-6-8-15(18)3)13-21-17-11-10-14(2)16(4)12-17/h6-12,19-20H,5,13H2,1-4H3. The van der Waals surface area contributed by atoms with E-state index >= 15 is 0 Å². The second kappa shape index (κ2) is 7.67. The Balaban J connectivity index is 2.10. The number of thioether (sulfide) groups is 1. The molecule has 2 heteroatoms. The molecular formula is C19H25NS. The highest BCUT2D eigenvalue weighted by molar-refractivity contribution is 7.99. The third kappa shape index (κ3) is 4.36. The Morgan fingerprint density at radius 3 is 2.38 bits per heavy atom. The number of hydrogen-bond donors (Lipinski definition) is 1. The molecule has 0 saturated heterocycles. The third-order valence-corrected chi connectivity index (χ3v) is 5.00. The van der Waals surface area contributed by atoms with Crippen molar-refractivity contribution in [3.05, 3.63) is 64.7 Å². The van der Waals surface area contributed by atoms with Crippen LogP contribution in [0.1, 0.15) is 35.2 Å². The van der Waals surface area contributed by atoms with Crippen LogP contribution in [0.3, 0.4) is 0 Å². The second-order valence-corrected chi connectivity index (χ2v) is 6.62. The summed E-state index contributed by atoms with van der Waals surface area (Å²) >= 11 is 1.93. The molecule has 0 aliphatic heterocycles. The average molecular weight is 299 g/mol. The van der Waals surface area contributed by atoms with Crippen LogP contribution in [-0.4, -0.2) is 12.3 Å². The summed E-state index contributed by atoms with van der Waals surface area (Å²) in [5, 5.41) is 3.62. The Bertz CT molecular complexity index is 592. The van der Waals surface area contributed by atoms with E-state index in [0.717, 1.165) is 12.3 Å². The molecule has 2 aromatic rings.